The number of nitrogens with zero attached hydrogens (tertiary/aromatic N) is 1. The molecule has 0 aromatic heterocycles. The van der Waals surface area contributed by atoms with Gasteiger partial charge in [0.2, 0.25) is 0 Å². The van der Waals surface area contributed by atoms with E-state index in [0.29, 0.717) is 10.9 Å². The van der Waals surface area contributed by atoms with Crippen LogP contribution in [0.4, 0.5) is 4.39 Å². The molecule has 1 aliphatic carbocycles. The van der Waals surface area contributed by atoms with Crippen molar-refractivity contribution in [2.24, 2.45) is 0 Å². The Morgan fingerprint density at radius 1 is 1.19 bits per heavy atom. The third kappa shape index (κ3) is 3.03. The summed E-state index contributed by atoms with van der Waals surface area (Å²) in [6, 6.07) is 5.06. The number of likely N-dealkylation sites (tertiary alicyclic amines) is 1. The molecule has 2 fully saturated rings. The molecule has 0 radical (unpaired) electrons. The van der Waals surface area contributed by atoms with Crippen LogP contribution in [0.2, 0.25) is 0 Å². The molecule has 2 aliphatic rings. The van der Waals surface area contributed by atoms with E-state index in [1.165, 1.54) is 31.7 Å². The highest BCUT2D eigenvalue weighted by Crippen LogP contribution is 2.41. The van der Waals surface area contributed by atoms with Gasteiger partial charge in [-0.15, -0.1) is 0 Å². The Bertz CT molecular complexity index is 496. The summed E-state index contributed by atoms with van der Waals surface area (Å²) in [5.74, 6) is -0.247. The van der Waals surface area contributed by atoms with Crippen molar-refractivity contribution in [1.82, 2.24) is 4.90 Å². The van der Waals surface area contributed by atoms with Gasteiger partial charge in [0.25, 0.3) is 0 Å². The van der Waals surface area contributed by atoms with E-state index in [9.17, 15) is 9.50 Å². The Labute approximate surface area is 134 Å². The molecule has 0 spiro atoms. The molecule has 0 amide bonds. The van der Waals surface area contributed by atoms with Gasteiger partial charge < -0.3 is 5.11 Å². The van der Waals surface area contributed by atoms with Gasteiger partial charge >= 0.3 is 0 Å². The van der Waals surface area contributed by atoms with Gasteiger partial charge in [0.1, 0.15) is 5.82 Å². The maximum Gasteiger partial charge on any atom is 0.137 e. The second kappa shape index (κ2) is 6.35. The van der Waals surface area contributed by atoms with Crippen LogP contribution in [0.1, 0.15) is 44.1 Å². The monoisotopic (exact) mass is 355 g/mol. The highest BCUT2D eigenvalue weighted by atomic mass is 79.9. The fourth-order valence-corrected chi connectivity index (χ4v) is 4.52. The summed E-state index contributed by atoms with van der Waals surface area (Å²) < 4.78 is 13.8. The van der Waals surface area contributed by atoms with Crippen LogP contribution in [0.15, 0.2) is 22.7 Å². The molecule has 4 heteroatoms. The molecule has 1 aromatic carbocycles. The molecule has 3 rings (SSSR count). The van der Waals surface area contributed by atoms with Gasteiger partial charge in [-0.2, -0.15) is 0 Å². The van der Waals surface area contributed by atoms with E-state index in [0.717, 1.165) is 31.5 Å². The maximum atomic E-state index is 13.3. The zero-order valence-corrected chi connectivity index (χ0v) is 13.9. The lowest BCUT2D eigenvalue weighted by molar-refractivity contribution is -0.0172. The molecular formula is C17H23BrFNO. The molecule has 1 aromatic rings. The second-order valence-electron chi connectivity index (χ2n) is 6.47. The summed E-state index contributed by atoms with van der Waals surface area (Å²) in [5, 5.41) is 10.9. The molecule has 116 valence electrons. The van der Waals surface area contributed by atoms with Crippen LogP contribution in [-0.2, 0) is 6.42 Å². The smallest absolute Gasteiger partial charge is 0.137 e. The standard InChI is InChI=1S/C17H23BrFNO/c18-14-11-13(5-6-15(14)19)12-16(21)17(7-1-2-8-17)20-9-3-4-10-20/h5-6,11,16,21H,1-4,7-10,12H2. The Hall–Kier alpha value is -0.450. The highest BCUT2D eigenvalue weighted by Gasteiger charge is 2.45. The first-order chi connectivity index (χ1) is 10.1. The van der Waals surface area contributed by atoms with E-state index in [1.54, 1.807) is 12.1 Å². The van der Waals surface area contributed by atoms with Crippen LogP contribution >= 0.6 is 15.9 Å². The molecule has 0 bridgehead atoms. The molecule has 1 unspecified atom stereocenters. The fourth-order valence-electron chi connectivity index (χ4n) is 4.09. The molecule has 1 atom stereocenters. The van der Waals surface area contributed by atoms with Crippen molar-refractivity contribution in [3.05, 3.63) is 34.1 Å². The van der Waals surface area contributed by atoms with Crippen molar-refractivity contribution in [3.63, 3.8) is 0 Å². The molecular weight excluding hydrogens is 333 g/mol. The van der Waals surface area contributed by atoms with Crippen molar-refractivity contribution in [3.8, 4) is 0 Å². The topological polar surface area (TPSA) is 23.5 Å². The zero-order chi connectivity index (χ0) is 14.9. The van der Waals surface area contributed by atoms with Crippen molar-refractivity contribution in [2.75, 3.05) is 13.1 Å². The lowest BCUT2D eigenvalue weighted by Gasteiger charge is -2.42. The average Bonchev–Trinajstić information content (AvgIpc) is 3.13. The second-order valence-corrected chi connectivity index (χ2v) is 7.33. The van der Waals surface area contributed by atoms with Crippen LogP contribution in [0.3, 0.4) is 0 Å². The first-order valence-electron chi connectivity index (χ1n) is 7.99. The Morgan fingerprint density at radius 3 is 2.48 bits per heavy atom. The van der Waals surface area contributed by atoms with E-state index >= 15 is 0 Å². The minimum atomic E-state index is -0.365. The summed E-state index contributed by atoms with van der Waals surface area (Å²) in [4.78, 5) is 2.52. The van der Waals surface area contributed by atoms with E-state index in [-0.39, 0.29) is 17.5 Å². The van der Waals surface area contributed by atoms with E-state index in [1.807, 2.05) is 0 Å². The predicted octanol–water partition coefficient (Wildman–Crippen LogP) is 3.90. The van der Waals surface area contributed by atoms with Gasteiger partial charge in [-0.25, -0.2) is 4.39 Å². The summed E-state index contributed by atoms with van der Waals surface area (Å²) in [7, 11) is 0. The Balaban J connectivity index is 1.77. The van der Waals surface area contributed by atoms with Crippen molar-refractivity contribution < 1.29 is 9.50 Å². The maximum absolute atomic E-state index is 13.3. The zero-order valence-electron chi connectivity index (χ0n) is 12.3. The third-order valence-electron chi connectivity index (χ3n) is 5.24. The molecule has 1 heterocycles. The number of hydrogen-bond acceptors (Lipinski definition) is 2. The van der Waals surface area contributed by atoms with E-state index in [4.69, 9.17) is 0 Å². The van der Waals surface area contributed by atoms with Gasteiger partial charge in [0, 0.05) is 12.0 Å². The lowest BCUT2D eigenvalue weighted by atomic mass is 9.85. The normalized spacial score (nSPS) is 23.6. The fraction of sp³-hybridized carbons (Fsp3) is 0.647. The van der Waals surface area contributed by atoms with E-state index in [2.05, 4.69) is 20.8 Å². The van der Waals surface area contributed by atoms with Crippen LogP contribution in [-0.4, -0.2) is 34.7 Å². The number of aliphatic hydroxyl groups excluding tert-OH is 1. The quantitative estimate of drug-likeness (QED) is 0.885. The molecule has 1 saturated heterocycles. The predicted molar refractivity (Wildman–Crippen MR) is 85.8 cm³/mol. The average molecular weight is 356 g/mol. The Morgan fingerprint density at radius 2 is 1.86 bits per heavy atom. The Kier molecular flexibility index (Phi) is 4.67. The summed E-state index contributed by atoms with van der Waals surface area (Å²) >= 11 is 3.23. The SMILES string of the molecule is OC(Cc1ccc(F)c(Br)c1)C1(N2CCCC2)CCCC1. The van der Waals surface area contributed by atoms with Crippen molar-refractivity contribution in [2.45, 2.75) is 56.6 Å². The van der Waals surface area contributed by atoms with Gasteiger partial charge in [0.05, 0.1) is 10.6 Å². The highest BCUT2D eigenvalue weighted by molar-refractivity contribution is 9.10. The molecule has 1 saturated carbocycles. The summed E-state index contributed by atoms with van der Waals surface area (Å²) in [5.41, 5.74) is 0.957. The van der Waals surface area contributed by atoms with Crippen LogP contribution < -0.4 is 0 Å². The molecule has 1 aliphatic heterocycles. The van der Waals surface area contributed by atoms with Crippen LogP contribution in [0.5, 0.6) is 0 Å². The summed E-state index contributed by atoms with van der Waals surface area (Å²) in [6.07, 6.45) is 7.34. The molecule has 21 heavy (non-hydrogen) atoms. The largest absolute Gasteiger partial charge is 0.391 e. The number of aliphatic hydroxyl groups is 1. The van der Waals surface area contributed by atoms with Crippen molar-refractivity contribution >= 4 is 15.9 Å². The van der Waals surface area contributed by atoms with E-state index < -0.39 is 0 Å². The minimum Gasteiger partial charge on any atom is -0.391 e. The number of rotatable bonds is 4. The van der Waals surface area contributed by atoms with Gasteiger partial charge in [-0.05, 0) is 72.4 Å². The van der Waals surface area contributed by atoms with Gasteiger partial charge in [-0.1, -0.05) is 18.9 Å². The minimum absolute atomic E-state index is 0.0443. The molecule has 1 N–H and O–H groups in total. The van der Waals surface area contributed by atoms with Gasteiger partial charge in [0.15, 0.2) is 0 Å². The number of hydrogen-bond donors (Lipinski definition) is 1. The first kappa shape index (κ1) is 15.4. The lowest BCUT2D eigenvalue weighted by Crippen LogP contribution is -2.54. The van der Waals surface area contributed by atoms with Gasteiger partial charge in [-0.3, -0.25) is 4.90 Å². The number of halogens is 2. The van der Waals surface area contributed by atoms with Crippen LogP contribution in [0, 0.1) is 5.82 Å². The summed E-state index contributed by atoms with van der Waals surface area (Å²) in [6.45, 7) is 2.23. The third-order valence-corrected chi connectivity index (χ3v) is 5.85. The van der Waals surface area contributed by atoms with Crippen LogP contribution in [0.25, 0.3) is 0 Å². The van der Waals surface area contributed by atoms with Crippen molar-refractivity contribution in [1.29, 1.82) is 0 Å². The first-order valence-corrected chi connectivity index (χ1v) is 8.78. The number of benzene rings is 1. The molecule has 2 nitrogen and oxygen atoms in total.